The molecule has 0 bridgehead atoms. The van der Waals surface area contributed by atoms with E-state index in [4.69, 9.17) is 0 Å². The average molecular weight is 403 g/mol. The van der Waals surface area contributed by atoms with Gasteiger partial charge < -0.3 is 5.32 Å². The van der Waals surface area contributed by atoms with Crippen LogP contribution >= 0.6 is 0 Å². The maximum atomic E-state index is 13.2. The molecule has 0 saturated carbocycles. The molecule has 3 aliphatic heterocycles. The molecule has 2 aromatic rings. The van der Waals surface area contributed by atoms with Crippen molar-refractivity contribution in [3.8, 4) is 0 Å². The number of carbonyl (C=O) groups excluding carboxylic acids is 5. The van der Waals surface area contributed by atoms with Gasteiger partial charge in [0, 0.05) is 7.05 Å². The van der Waals surface area contributed by atoms with Crippen molar-refractivity contribution >= 4 is 29.5 Å². The Morgan fingerprint density at radius 1 is 0.733 bits per heavy atom. The fourth-order valence-electron chi connectivity index (χ4n) is 4.73. The Hall–Kier alpha value is -3.81. The molecule has 8 nitrogen and oxygen atoms in total. The molecule has 2 fully saturated rings. The van der Waals surface area contributed by atoms with Crippen molar-refractivity contribution in [2.75, 3.05) is 7.05 Å². The number of likely N-dealkylation sites (tertiary alicyclic amines) is 1. The minimum Gasteiger partial charge on any atom is -0.347 e. The van der Waals surface area contributed by atoms with Crippen LogP contribution in [0.2, 0.25) is 0 Å². The normalized spacial score (nSPS) is 28.0. The molecule has 3 heterocycles. The van der Waals surface area contributed by atoms with E-state index in [0.29, 0.717) is 5.56 Å². The lowest BCUT2D eigenvalue weighted by molar-refractivity contribution is -0.140. The van der Waals surface area contributed by atoms with Crippen molar-refractivity contribution in [1.82, 2.24) is 15.1 Å². The molecular weight excluding hydrogens is 386 g/mol. The highest BCUT2D eigenvalue weighted by molar-refractivity contribution is 6.23. The summed E-state index contributed by atoms with van der Waals surface area (Å²) in [6.45, 7) is 0. The van der Waals surface area contributed by atoms with Crippen LogP contribution in [0.25, 0.3) is 0 Å². The Balaban J connectivity index is 1.61. The van der Waals surface area contributed by atoms with Crippen LogP contribution in [0, 0.1) is 11.8 Å². The first-order valence-corrected chi connectivity index (χ1v) is 9.55. The van der Waals surface area contributed by atoms with Crippen LogP contribution in [-0.4, -0.2) is 52.4 Å². The van der Waals surface area contributed by atoms with Gasteiger partial charge in [-0.25, -0.2) is 0 Å². The standard InChI is InChI=1S/C22H17N3O5/c1-24-21(29)14-15(22(24)30)17(18(26)23-16(14)11-7-3-2-4-8-11)25-19(27)12-9-5-6-10-13(12)20(25)28/h2-10,14-17H,1H3,(H,23,26)/t14-,15+,16+,17-/m0/s1. The molecule has 2 aromatic carbocycles. The number of imide groups is 2. The number of hydrogen-bond donors (Lipinski definition) is 1. The molecule has 30 heavy (non-hydrogen) atoms. The van der Waals surface area contributed by atoms with Gasteiger partial charge in [-0.15, -0.1) is 0 Å². The van der Waals surface area contributed by atoms with Gasteiger partial charge in [0.2, 0.25) is 17.7 Å². The highest BCUT2D eigenvalue weighted by Gasteiger charge is 2.62. The van der Waals surface area contributed by atoms with Crippen LogP contribution in [0.1, 0.15) is 32.3 Å². The zero-order valence-corrected chi connectivity index (χ0v) is 15.9. The van der Waals surface area contributed by atoms with E-state index < -0.39 is 53.5 Å². The van der Waals surface area contributed by atoms with Gasteiger partial charge in [0.1, 0.15) is 6.04 Å². The molecule has 1 N–H and O–H groups in total. The molecule has 8 heteroatoms. The van der Waals surface area contributed by atoms with Crippen molar-refractivity contribution in [2.24, 2.45) is 11.8 Å². The van der Waals surface area contributed by atoms with Gasteiger partial charge in [0.15, 0.2) is 0 Å². The Kier molecular flexibility index (Phi) is 3.86. The molecule has 3 aliphatic rings. The smallest absolute Gasteiger partial charge is 0.262 e. The molecular formula is C22H17N3O5. The molecule has 0 unspecified atom stereocenters. The Morgan fingerprint density at radius 2 is 1.27 bits per heavy atom. The number of fused-ring (bicyclic) bond motifs is 2. The summed E-state index contributed by atoms with van der Waals surface area (Å²) in [6.07, 6.45) is 0. The van der Waals surface area contributed by atoms with Gasteiger partial charge in [0.05, 0.1) is 29.0 Å². The summed E-state index contributed by atoms with van der Waals surface area (Å²) >= 11 is 0. The number of rotatable bonds is 2. The van der Waals surface area contributed by atoms with Crippen molar-refractivity contribution in [2.45, 2.75) is 12.1 Å². The number of hydrogen-bond acceptors (Lipinski definition) is 5. The van der Waals surface area contributed by atoms with E-state index >= 15 is 0 Å². The second-order valence-electron chi connectivity index (χ2n) is 7.65. The summed E-state index contributed by atoms with van der Waals surface area (Å²) in [6, 6.07) is 13.0. The van der Waals surface area contributed by atoms with Gasteiger partial charge in [-0.2, -0.15) is 0 Å². The Labute approximate surface area is 171 Å². The number of nitrogens with one attached hydrogen (secondary N) is 1. The predicted octanol–water partition coefficient (Wildman–Crippen LogP) is 0.753. The maximum Gasteiger partial charge on any atom is 0.262 e. The molecule has 5 amide bonds. The highest BCUT2D eigenvalue weighted by atomic mass is 16.2. The summed E-state index contributed by atoms with van der Waals surface area (Å²) in [4.78, 5) is 66.9. The monoisotopic (exact) mass is 403 g/mol. The van der Waals surface area contributed by atoms with Crippen molar-refractivity contribution in [1.29, 1.82) is 0 Å². The first kappa shape index (κ1) is 18.2. The summed E-state index contributed by atoms with van der Waals surface area (Å²) in [5, 5.41) is 2.79. The average Bonchev–Trinajstić information content (AvgIpc) is 3.14. The third kappa shape index (κ3) is 2.30. The van der Waals surface area contributed by atoms with Gasteiger partial charge >= 0.3 is 0 Å². The highest BCUT2D eigenvalue weighted by Crippen LogP contribution is 2.43. The van der Waals surface area contributed by atoms with Crippen LogP contribution in [0.3, 0.4) is 0 Å². The Bertz CT molecular complexity index is 1090. The minimum absolute atomic E-state index is 0.183. The lowest BCUT2D eigenvalue weighted by Gasteiger charge is -2.39. The van der Waals surface area contributed by atoms with Crippen LogP contribution in [-0.2, 0) is 14.4 Å². The molecule has 4 atom stereocenters. The largest absolute Gasteiger partial charge is 0.347 e. The lowest BCUT2D eigenvalue weighted by Crippen LogP contribution is -2.61. The quantitative estimate of drug-likeness (QED) is 0.746. The third-order valence-electron chi connectivity index (χ3n) is 6.15. The van der Waals surface area contributed by atoms with Crippen molar-refractivity contribution in [3.63, 3.8) is 0 Å². The molecule has 0 radical (unpaired) electrons. The van der Waals surface area contributed by atoms with E-state index in [0.717, 1.165) is 9.80 Å². The van der Waals surface area contributed by atoms with E-state index in [1.54, 1.807) is 42.5 Å². The number of nitrogens with zero attached hydrogens (tertiary/aromatic N) is 2. The van der Waals surface area contributed by atoms with Crippen LogP contribution in [0.4, 0.5) is 0 Å². The van der Waals surface area contributed by atoms with E-state index in [9.17, 15) is 24.0 Å². The van der Waals surface area contributed by atoms with Crippen LogP contribution < -0.4 is 5.32 Å². The topological polar surface area (TPSA) is 104 Å². The van der Waals surface area contributed by atoms with Crippen molar-refractivity contribution in [3.05, 3.63) is 71.3 Å². The first-order chi connectivity index (χ1) is 14.4. The number of benzene rings is 2. The molecule has 5 rings (SSSR count). The zero-order chi connectivity index (χ0) is 21.2. The van der Waals surface area contributed by atoms with Gasteiger partial charge in [-0.1, -0.05) is 42.5 Å². The van der Waals surface area contributed by atoms with Crippen molar-refractivity contribution < 1.29 is 24.0 Å². The van der Waals surface area contributed by atoms with E-state index in [1.807, 2.05) is 0 Å². The number of carbonyl (C=O) groups is 5. The van der Waals surface area contributed by atoms with Gasteiger partial charge in [-0.05, 0) is 17.7 Å². The second kappa shape index (κ2) is 6.35. The zero-order valence-electron chi connectivity index (χ0n) is 15.9. The maximum absolute atomic E-state index is 13.2. The first-order valence-electron chi connectivity index (χ1n) is 9.55. The lowest BCUT2D eigenvalue weighted by atomic mass is 9.76. The number of piperidine rings is 1. The minimum atomic E-state index is -1.39. The van der Waals surface area contributed by atoms with E-state index in [2.05, 4.69) is 5.32 Å². The summed E-state index contributed by atoms with van der Waals surface area (Å²) < 4.78 is 0. The van der Waals surface area contributed by atoms with Gasteiger partial charge in [0.25, 0.3) is 11.8 Å². The molecule has 2 saturated heterocycles. The SMILES string of the molecule is CN1C(=O)[C@@H]2[C@H](C1=O)[C@@H](c1ccccc1)NC(=O)[C@H]2N1C(=O)c2ccccc2C1=O. The Morgan fingerprint density at radius 3 is 1.87 bits per heavy atom. The number of amides is 5. The molecule has 0 aromatic heterocycles. The molecule has 0 spiro atoms. The molecule has 150 valence electrons. The summed E-state index contributed by atoms with van der Waals surface area (Å²) in [5.74, 6) is -4.95. The summed E-state index contributed by atoms with van der Waals surface area (Å²) in [7, 11) is 1.36. The van der Waals surface area contributed by atoms with E-state index in [1.165, 1.54) is 19.2 Å². The van der Waals surface area contributed by atoms with Crippen LogP contribution in [0.15, 0.2) is 54.6 Å². The molecule has 0 aliphatic carbocycles. The fourth-order valence-corrected chi connectivity index (χ4v) is 4.73. The van der Waals surface area contributed by atoms with Crippen LogP contribution in [0.5, 0.6) is 0 Å². The van der Waals surface area contributed by atoms with E-state index in [-0.39, 0.29) is 11.1 Å². The second-order valence-corrected chi connectivity index (χ2v) is 7.65. The van der Waals surface area contributed by atoms with Gasteiger partial charge in [-0.3, -0.25) is 33.8 Å². The predicted molar refractivity (Wildman–Crippen MR) is 103 cm³/mol. The fraction of sp³-hybridized carbons (Fsp3) is 0.227. The summed E-state index contributed by atoms with van der Waals surface area (Å²) in [5.41, 5.74) is 1.04. The third-order valence-corrected chi connectivity index (χ3v) is 6.15.